The highest BCUT2D eigenvalue weighted by Crippen LogP contribution is 2.53. The van der Waals surface area contributed by atoms with E-state index < -0.39 is 0 Å². The van der Waals surface area contributed by atoms with Crippen LogP contribution < -0.4 is 10.5 Å². The predicted molar refractivity (Wildman–Crippen MR) is 108 cm³/mol. The molecule has 0 N–H and O–H groups in total. The fourth-order valence-electron chi connectivity index (χ4n) is 4.61. The minimum Gasteiger partial charge on any atom is -0.356 e. The first-order chi connectivity index (χ1) is 15.2. The van der Waals surface area contributed by atoms with E-state index in [4.69, 9.17) is 4.52 Å². The highest BCUT2D eigenvalue weighted by atomic mass is 19.1. The molecule has 1 aliphatic carbocycles. The molecule has 0 amide bonds. The second-order valence-electron chi connectivity index (χ2n) is 8.08. The summed E-state index contributed by atoms with van der Waals surface area (Å²) in [6, 6.07) is 6.27. The molecule has 1 saturated carbocycles. The number of fused-ring (bicyclic) bond motifs is 2. The van der Waals surface area contributed by atoms with E-state index in [1.807, 2.05) is 0 Å². The molecule has 2 aliphatic rings. The van der Waals surface area contributed by atoms with Crippen LogP contribution >= 0.6 is 0 Å². The summed E-state index contributed by atoms with van der Waals surface area (Å²) in [5.74, 6) is 2.97. The average Bonchev–Trinajstić information content (AvgIpc) is 3.13. The summed E-state index contributed by atoms with van der Waals surface area (Å²) in [5, 5.41) is 8.73. The molecule has 1 saturated heterocycles. The van der Waals surface area contributed by atoms with Crippen LogP contribution in [0.5, 0.6) is 0 Å². The average molecular weight is 419 g/mol. The standard InChI is InChI=1S/C21H18FN7O2/c22-12-3-5-24-19(6-12)28-9-15-14(16(15)10-28)7-18-26-20(31-27-18)11-29-21(30)13-2-1-4-23-17(13)8-25-29/h1-6,8,14-16H,7,9-11H2/t14?,15-,16+. The van der Waals surface area contributed by atoms with Crippen molar-refractivity contribution >= 4 is 16.7 Å². The summed E-state index contributed by atoms with van der Waals surface area (Å²) in [6.45, 7) is 1.84. The summed E-state index contributed by atoms with van der Waals surface area (Å²) >= 11 is 0. The van der Waals surface area contributed by atoms with E-state index in [-0.39, 0.29) is 17.9 Å². The van der Waals surface area contributed by atoms with Crippen molar-refractivity contribution in [1.82, 2.24) is 29.9 Å². The minimum atomic E-state index is -0.266. The van der Waals surface area contributed by atoms with Crippen LogP contribution in [-0.4, -0.2) is 43.0 Å². The van der Waals surface area contributed by atoms with Crippen LogP contribution in [0.2, 0.25) is 0 Å². The maximum atomic E-state index is 13.4. The zero-order valence-corrected chi connectivity index (χ0v) is 16.4. The zero-order chi connectivity index (χ0) is 20.9. The van der Waals surface area contributed by atoms with Crippen LogP contribution in [0.25, 0.3) is 10.9 Å². The molecule has 4 aromatic heterocycles. The molecule has 9 nitrogen and oxygen atoms in total. The van der Waals surface area contributed by atoms with Gasteiger partial charge in [-0.1, -0.05) is 5.16 Å². The Balaban J connectivity index is 1.10. The van der Waals surface area contributed by atoms with Gasteiger partial charge >= 0.3 is 0 Å². The molecule has 156 valence electrons. The monoisotopic (exact) mass is 419 g/mol. The molecular weight excluding hydrogens is 401 g/mol. The Hall–Kier alpha value is -3.69. The Bertz CT molecular complexity index is 1320. The van der Waals surface area contributed by atoms with Gasteiger partial charge in [0.1, 0.15) is 18.2 Å². The highest BCUT2D eigenvalue weighted by molar-refractivity contribution is 5.75. The highest BCUT2D eigenvalue weighted by Gasteiger charge is 2.56. The second kappa shape index (κ2) is 6.93. The molecule has 0 aromatic carbocycles. The Morgan fingerprint density at radius 3 is 2.87 bits per heavy atom. The van der Waals surface area contributed by atoms with Crippen molar-refractivity contribution in [1.29, 1.82) is 0 Å². The van der Waals surface area contributed by atoms with Crippen molar-refractivity contribution in [3.8, 4) is 0 Å². The van der Waals surface area contributed by atoms with Crippen LogP contribution in [-0.2, 0) is 13.0 Å². The molecule has 6 rings (SSSR count). The summed E-state index contributed by atoms with van der Waals surface area (Å²) < 4.78 is 20.1. The van der Waals surface area contributed by atoms with Gasteiger partial charge in [0.15, 0.2) is 5.82 Å². The Morgan fingerprint density at radius 2 is 2.03 bits per heavy atom. The van der Waals surface area contributed by atoms with Crippen LogP contribution in [0.15, 0.2) is 52.2 Å². The van der Waals surface area contributed by atoms with Crippen molar-refractivity contribution in [2.75, 3.05) is 18.0 Å². The summed E-state index contributed by atoms with van der Waals surface area (Å²) in [5.41, 5.74) is 0.311. The van der Waals surface area contributed by atoms with Crippen LogP contribution in [0.1, 0.15) is 11.7 Å². The number of pyridine rings is 2. The molecule has 4 aromatic rings. The number of anilines is 1. The molecule has 0 spiro atoms. The molecule has 2 fully saturated rings. The lowest BCUT2D eigenvalue weighted by molar-refractivity contribution is 0.357. The zero-order valence-electron chi connectivity index (χ0n) is 16.4. The summed E-state index contributed by atoms with van der Waals surface area (Å²) in [7, 11) is 0. The molecule has 1 aliphatic heterocycles. The third-order valence-corrected chi connectivity index (χ3v) is 6.24. The number of aromatic nitrogens is 6. The number of nitrogens with zero attached hydrogens (tertiary/aromatic N) is 7. The van der Waals surface area contributed by atoms with E-state index in [0.29, 0.717) is 46.2 Å². The van der Waals surface area contributed by atoms with Gasteiger partial charge in [-0.25, -0.2) is 14.1 Å². The van der Waals surface area contributed by atoms with Crippen LogP contribution in [0.3, 0.4) is 0 Å². The van der Waals surface area contributed by atoms with E-state index in [0.717, 1.165) is 19.5 Å². The number of piperidine rings is 1. The van der Waals surface area contributed by atoms with Gasteiger partial charge in [0.25, 0.3) is 5.56 Å². The number of hydrogen-bond donors (Lipinski definition) is 0. The normalized spacial score (nSPS) is 22.1. The van der Waals surface area contributed by atoms with Crippen molar-refractivity contribution in [2.24, 2.45) is 17.8 Å². The topological polar surface area (TPSA) is 103 Å². The van der Waals surface area contributed by atoms with Crippen molar-refractivity contribution < 1.29 is 8.91 Å². The SMILES string of the molecule is O=c1c2cccnc2cnn1Cc1nc(CC2[C@H]3CN(c4cc(F)ccn4)C[C@@H]23)no1. The molecule has 31 heavy (non-hydrogen) atoms. The molecule has 1 unspecified atom stereocenters. The van der Waals surface area contributed by atoms with E-state index in [9.17, 15) is 9.18 Å². The minimum absolute atomic E-state index is 0.118. The van der Waals surface area contributed by atoms with E-state index in [2.05, 4.69) is 30.1 Å². The number of hydrogen-bond acceptors (Lipinski definition) is 8. The lowest BCUT2D eigenvalue weighted by Crippen LogP contribution is -2.25. The number of halogens is 1. The van der Waals surface area contributed by atoms with Gasteiger partial charge in [0.2, 0.25) is 5.89 Å². The van der Waals surface area contributed by atoms with Gasteiger partial charge in [0, 0.05) is 38.0 Å². The van der Waals surface area contributed by atoms with Crippen molar-refractivity contribution in [2.45, 2.75) is 13.0 Å². The Kier molecular flexibility index (Phi) is 4.05. The fraction of sp³-hybridized carbons (Fsp3) is 0.333. The molecular formula is C21H18FN7O2. The van der Waals surface area contributed by atoms with Crippen molar-refractivity contribution in [3.05, 3.63) is 70.7 Å². The molecule has 5 heterocycles. The number of rotatable bonds is 5. The third-order valence-electron chi connectivity index (χ3n) is 6.24. The van der Waals surface area contributed by atoms with E-state index >= 15 is 0 Å². The molecule has 3 atom stereocenters. The van der Waals surface area contributed by atoms with E-state index in [1.165, 1.54) is 23.0 Å². The Morgan fingerprint density at radius 1 is 1.16 bits per heavy atom. The van der Waals surface area contributed by atoms with Gasteiger partial charge in [-0.3, -0.25) is 9.78 Å². The molecule has 0 bridgehead atoms. The van der Waals surface area contributed by atoms with E-state index in [1.54, 1.807) is 24.5 Å². The van der Waals surface area contributed by atoms with Gasteiger partial charge in [0.05, 0.1) is 17.1 Å². The van der Waals surface area contributed by atoms with Crippen LogP contribution in [0.4, 0.5) is 10.2 Å². The smallest absolute Gasteiger partial charge is 0.276 e. The van der Waals surface area contributed by atoms with Crippen molar-refractivity contribution in [3.63, 3.8) is 0 Å². The van der Waals surface area contributed by atoms with Gasteiger partial charge in [-0.05, 0) is 36.0 Å². The van der Waals surface area contributed by atoms with Gasteiger partial charge < -0.3 is 9.42 Å². The predicted octanol–water partition coefficient (Wildman–Crippen LogP) is 1.68. The molecule has 0 radical (unpaired) electrons. The molecule has 10 heteroatoms. The lowest BCUT2D eigenvalue weighted by Gasteiger charge is -2.20. The second-order valence-corrected chi connectivity index (χ2v) is 8.08. The lowest BCUT2D eigenvalue weighted by atomic mass is 10.2. The van der Waals surface area contributed by atoms with Gasteiger partial charge in [-0.15, -0.1) is 0 Å². The van der Waals surface area contributed by atoms with Crippen LogP contribution in [0, 0.1) is 23.6 Å². The first kappa shape index (κ1) is 18.1. The quantitative estimate of drug-likeness (QED) is 0.481. The fourth-order valence-corrected chi connectivity index (χ4v) is 4.61. The summed E-state index contributed by atoms with van der Waals surface area (Å²) in [6.07, 6.45) is 5.41. The summed E-state index contributed by atoms with van der Waals surface area (Å²) in [4.78, 5) is 27.5. The van der Waals surface area contributed by atoms with Gasteiger partial charge in [-0.2, -0.15) is 10.1 Å². The third kappa shape index (κ3) is 3.24. The largest absolute Gasteiger partial charge is 0.356 e. The Labute approximate surface area is 175 Å². The first-order valence-electron chi connectivity index (χ1n) is 10.1. The first-order valence-corrected chi connectivity index (χ1v) is 10.1. The maximum absolute atomic E-state index is 13.4. The maximum Gasteiger partial charge on any atom is 0.276 e.